The summed E-state index contributed by atoms with van der Waals surface area (Å²) in [4.78, 5) is 12.8. The average Bonchev–Trinajstić information content (AvgIpc) is 3.18. The van der Waals surface area contributed by atoms with Gasteiger partial charge in [0.05, 0.1) is 17.9 Å². The van der Waals surface area contributed by atoms with Gasteiger partial charge in [-0.3, -0.25) is 4.98 Å². The quantitative estimate of drug-likeness (QED) is 0.538. The van der Waals surface area contributed by atoms with Crippen molar-refractivity contribution in [1.29, 1.82) is 0 Å². The van der Waals surface area contributed by atoms with Crippen LogP contribution in [0.4, 0.5) is 20.4 Å². The van der Waals surface area contributed by atoms with Crippen LogP contribution in [0.15, 0.2) is 55.1 Å². The smallest absolute Gasteiger partial charge is 0.229 e. The molecule has 7 nitrogen and oxygen atoms in total. The van der Waals surface area contributed by atoms with Crippen molar-refractivity contribution in [1.82, 2.24) is 24.8 Å². The molecule has 152 valence electrons. The minimum absolute atomic E-state index is 0.0583. The van der Waals surface area contributed by atoms with Gasteiger partial charge < -0.3 is 19.9 Å². The molecule has 0 amide bonds. The Hall–Kier alpha value is -3.43. The minimum Gasteiger partial charge on any atom is -0.371 e. The van der Waals surface area contributed by atoms with E-state index in [9.17, 15) is 8.78 Å². The van der Waals surface area contributed by atoms with Gasteiger partial charge >= 0.3 is 0 Å². The Balaban J connectivity index is 1.52. The molecule has 0 radical (unpaired) electrons. The van der Waals surface area contributed by atoms with Gasteiger partial charge in [0.25, 0.3) is 0 Å². The number of halogens is 2. The number of nitrogens with zero attached hydrogens (tertiary/aromatic N) is 4. The molecule has 4 aromatic rings. The van der Waals surface area contributed by atoms with E-state index in [2.05, 4.69) is 25.6 Å². The SMILES string of the molecule is Fc1cc(-n2ccc3cnc(Nc4ccncc4)nc32)cc(F)c1C1CNCCO1. The van der Waals surface area contributed by atoms with Crippen LogP contribution in [0.25, 0.3) is 16.7 Å². The van der Waals surface area contributed by atoms with E-state index in [1.165, 1.54) is 12.1 Å². The molecule has 0 bridgehead atoms. The Morgan fingerprint density at radius 1 is 1.13 bits per heavy atom. The Labute approximate surface area is 170 Å². The second-order valence-electron chi connectivity index (χ2n) is 6.91. The van der Waals surface area contributed by atoms with Crippen molar-refractivity contribution in [2.75, 3.05) is 25.0 Å². The molecule has 1 aliphatic heterocycles. The van der Waals surface area contributed by atoms with Gasteiger partial charge in [-0.2, -0.15) is 4.98 Å². The number of hydrogen-bond donors (Lipinski definition) is 2. The summed E-state index contributed by atoms with van der Waals surface area (Å²) in [6.07, 6.45) is 6.03. The minimum atomic E-state index is -0.648. The fourth-order valence-electron chi connectivity index (χ4n) is 3.52. The van der Waals surface area contributed by atoms with Crippen LogP contribution in [0, 0.1) is 11.6 Å². The Kier molecular flexibility index (Phi) is 4.82. The number of morpholine rings is 1. The maximum Gasteiger partial charge on any atom is 0.229 e. The molecular formula is C21H18F2N6O. The van der Waals surface area contributed by atoms with Crippen LogP contribution in [-0.2, 0) is 4.74 Å². The highest BCUT2D eigenvalue weighted by atomic mass is 19.1. The molecule has 4 heterocycles. The van der Waals surface area contributed by atoms with E-state index in [1.54, 1.807) is 47.6 Å². The van der Waals surface area contributed by atoms with Gasteiger partial charge in [0.2, 0.25) is 5.95 Å². The van der Waals surface area contributed by atoms with Crippen molar-refractivity contribution in [3.05, 3.63) is 72.3 Å². The molecule has 1 saturated heterocycles. The van der Waals surface area contributed by atoms with Gasteiger partial charge in [0.15, 0.2) is 0 Å². The predicted molar refractivity (Wildman–Crippen MR) is 108 cm³/mol. The molecular weight excluding hydrogens is 390 g/mol. The maximum absolute atomic E-state index is 14.8. The summed E-state index contributed by atoms with van der Waals surface area (Å²) in [6, 6.07) is 7.97. The highest BCUT2D eigenvalue weighted by Gasteiger charge is 2.24. The predicted octanol–water partition coefficient (Wildman–Crippen LogP) is 3.50. The maximum atomic E-state index is 14.8. The van der Waals surface area contributed by atoms with Crippen LogP contribution in [0.1, 0.15) is 11.7 Å². The van der Waals surface area contributed by atoms with Gasteiger partial charge in [-0.25, -0.2) is 13.8 Å². The number of benzene rings is 1. The number of pyridine rings is 1. The molecule has 0 spiro atoms. The van der Waals surface area contributed by atoms with Crippen LogP contribution >= 0.6 is 0 Å². The summed E-state index contributed by atoms with van der Waals surface area (Å²) in [6.45, 7) is 1.46. The number of rotatable bonds is 4. The van der Waals surface area contributed by atoms with E-state index in [0.717, 1.165) is 11.1 Å². The average molecular weight is 408 g/mol. The molecule has 1 aliphatic rings. The number of hydrogen-bond acceptors (Lipinski definition) is 6. The third kappa shape index (κ3) is 3.49. The van der Waals surface area contributed by atoms with Crippen molar-refractivity contribution in [3.63, 3.8) is 0 Å². The van der Waals surface area contributed by atoms with Gasteiger partial charge in [0, 0.05) is 49.0 Å². The topological polar surface area (TPSA) is 76.9 Å². The largest absolute Gasteiger partial charge is 0.371 e. The van der Waals surface area contributed by atoms with Crippen molar-refractivity contribution >= 4 is 22.7 Å². The molecule has 3 aromatic heterocycles. The second kappa shape index (κ2) is 7.77. The number of aromatic nitrogens is 4. The van der Waals surface area contributed by atoms with Crippen LogP contribution in [-0.4, -0.2) is 39.2 Å². The lowest BCUT2D eigenvalue weighted by molar-refractivity contribution is 0.0232. The number of fused-ring (bicyclic) bond motifs is 1. The van der Waals surface area contributed by atoms with E-state index in [1.807, 2.05) is 0 Å². The van der Waals surface area contributed by atoms with Crippen molar-refractivity contribution in [2.45, 2.75) is 6.10 Å². The molecule has 1 atom stereocenters. The second-order valence-corrected chi connectivity index (χ2v) is 6.91. The summed E-state index contributed by atoms with van der Waals surface area (Å²) in [5.41, 5.74) is 1.59. The van der Waals surface area contributed by atoms with Crippen LogP contribution < -0.4 is 10.6 Å². The first-order chi connectivity index (χ1) is 14.7. The van der Waals surface area contributed by atoms with Crippen LogP contribution in [0.5, 0.6) is 0 Å². The van der Waals surface area contributed by atoms with Crippen molar-refractivity contribution in [2.24, 2.45) is 0 Å². The third-order valence-electron chi connectivity index (χ3n) is 4.96. The first kappa shape index (κ1) is 18.6. The Morgan fingerprint density at radius 3 is 2.67 bits per heavy atom. The molecule has 0 saturated carbocycles. The summed E-state index contributed by atoms with van der Waals surface area (Å²) >= 11 is 0. The zero-order valence-corrected chi connectivity index (χ0v) is 15.8. The number of nitrogens with one attached hydrogen (secondary N) is 2. The molecule has 30 heavy (non-hydrogen) atoms. The first-order valence-electron chi connectivity index (χ1n) is 9.52. The monoisotopic (exact) mass is 408 g/mol. The standard InChI is InChI=1S/C21H18F2N6O/c22-16-9-15(10-17(23)19(16)18-12-25-6-8-30-18)29-7-3-13-11-26-21(28-20(13)29)27-14-1-4-24-5-2-14/h1-5,7,9-11,18,25H,6,8,12H2,(H,24,26,27,28). The molecule has 0 aliphatic carbocycles. The summed E-state index contributed by atoms with van der Waals surface area (Å²) < 4.78 is 36.8. The van der Waals surface area contributed by atoms with E-state index >= 15 is 0 Å². The van der Waals surface area contributed by atoms with E-state index < -0.39 is 17.7 Å². The molecule has 1 aromatic carbocycles. The molecule has 9 heteroatoms. The lowest BCUT2D eigenvalue weighted by atomic mass is 10.1. The zero-order valence-electron chi connectivity index (χ0n) is 15.8. The van der Waals surface area contributed by atoms with Gasteiger partial charge in [-0.15, -0.1) is 0 Å². The first-order valence-corrected chi connectivity index (χ1v) is 9.52. The van der Waals surface area contributed by atoms with Gasteiger partial charge in [-0.05, 0) is 30.3 Å². The number of anilines is 2. The lowest BCUT2D eigenvalue weighted by Crippen LogP contribution is -2.34. The lowest BCUT2D eigenvalue weighted by Gasteiger charge is -2.25. The summed E-state index contributed by atoms with van der Waals surface area (Å²) in [5, 5.41) is 6.93. The van der Waals surface area contributed by atoms with Crippen molar-refractivity contribution in [3.8, 4) is 5.69 Å². The van der Waals surface area contributed by atoms with E-state index in [-0.39, 0.29) is 5.56 Å². The fourth-order valence-corrected chi connectivity index (χ4v) is 3.52. The van der Waals surface area contributed by atoms with E-state index in [0.29, 0.717) is 37.0 Å². The molecule has 1 fully saturated rings. The summed E-state index contributed by atoms with van der Waals surface area (Å²) in [7, 11) is 0. The van der Waals surface area contributed by atoms with E-state index in [4.69, 9.17) is 4.74 Å². The highest BCUT2D eigenvalue weighted by Crippen LogP contribution is 2.29. The zero-order chi connectivity index (χ0) is 20.5. The summed E-state index contributed by atoms with van der Waals surface area (Å²) in [5.74, 6) is -0.928. The normalized spacial score (nSPS) is 16.7. The van der Waals surface area contributed by atoms with Gasteiger partial charge in [0.1, 0.15) is 23.4 Å². The third-order valence-corrected chi connectivity index (χ3v) is 4.96. The Bertz CT molecular complexity index is 1170. The molecule has 1 unspecified atom stereocenters. The molecule has 2 N–H and O–H groups in total. The van der Waals surface area contributed by atoms with Gasteiger partial charge in [-0.1, -0.05) is 0 Å². The van der Waals surface area contributed by atoms with Crippen LogP contribution in [0.3, 0.4) is 0 Å². The highest BCUT2D eigenvalue weighted by molar-refractivity contribution is 5.78. The molecule has 5 rings (SSSR count). The fraction of sp³-hybridized carbons (Fsp3) is 0.190. The Morgan fingerprint density at radius 2 is 1.93 bits per heavy atom. The van der Waals surface area contributed by atoms with Crippen molar-refractivity contribution < 1.29 is 13.5 Å². The van der Waals surface area contributed by atoms with Crippen LogP contribution in [0.2, 0.25) is 0 Å². The number of ether oxygens (including phenoxy) is 1.